The molecule has 0 bridgehead atoms. The quantitative estimate of drug-likeness (QED) is 0.723. The molecule has 1 aromatic heterocycles. The summed E-state index contributed by atoms with van der Waals surface area (Å²) in [7, 11) is 0. The molecule has 0 spiro atoms. The Morgan fingerprint density at radius 1 is 1.14 bits per heavy atom. The number of aryl methyl sites for hydroxylation is 2. The van der Waals surface area contributed by atoms with Gasteiger partial charge in [-0.15, -0.1) is 0 Å². The van der Waals surface area contributed by atoms with Gasteiger partial charge in [0, 0.05) is 23.1 Å². The van der Waals surface area contributed by atoms with Crippen LogP contribution in [0.5, 0.6) is 0 Å². The van der Waals surface area contributed by atoms with Crippen LogP contribution in [0.1, 0.15) is 27.2 Å². The maximum Gasteiger partial charge on any atom is 0.275 e. The normalized spacial score (nSPS) is 13.6. The molecule has 3 nitrogen and oxygen atoms in total. The van der Waals surface area contributed by atoms with Gasteiger partial charge in [0.05, 0.1) is 0 Å². The molecule has 4 rings (SSSR count). The van der Waals surface area contributed by atoms with Crippen LogP contribution in [0.15, 0.2) is 42.5 Å². The Balaban J connectivity index is 1.80. The molecule has 3 aromatic rings. The number of rotatable bonds is 1. The summed E-state index contributed by atoms with van der Waals surface area (Å²) in [6.45, 7) is 4.85. The van der Waals surface area contributed by atoms with Gasteiger partial charge in [-0.1, -0.05) is 29.8 Å². The maximum atomic E-state index is 13.0. The minimum Gasteiger partial charge on any atom is -0.350 e. The number of hydrogen-bond donors (Lipinski definition) is 1. The van der Waals surface area contributed by atoms with Crippen molar-refractivity contribution in [2.24, 2.45) is 0 Å². The number of aromatic nitrogens is 1. The summed E-state index contributed by atoms with van der Waals surface area (Å²) in [5.41, 5.74) is 6.27. The van der Waals surface area contributed by atoms with Gasteiger partial charge in [0.15, 0.2) is 0 Å². The number of nitrogens with one attached hydrogen (secondary N) is 1. The van der Waals surface area contributed by atoms with E-state index in [1.165, 1.54) is 11.1 Å². The average Bonchev–Trinajstić information content (AvgIpc) is 3.09. The largest absolute Gasteiger partial charge is 0.350 e. The van der Waals surface area contributed by atoms with Crippen LogP contribution in [-0.2, 0) is 6.42 Å². The molecule has 1 amide bonds. The zero-order valence-corrected chi connectivity index (χ0v) is 12.8. The molecule has 1 aliphatic rings. The van der Waals surface area contributed by atoms with Crippen molar-refractivity contribution in [3.8, 4) is 0 Å². The zero-order valence-electron chi connectivity index (χ0n) is 12.8. The smallest absolute Gasteiger partial charge is 0.275 e. The molecule has 110 valence electrons. The molecule has 0 saturated heterocycles. The van der Waals surface area contributed by atoms with Crippen LogP contribution < -0.4 is 4.90 Å². The van der Waals surface area contributed by atoms with Crippen molar-refractivity contribution in [1.82, 2.24) is 4.98 Å². The van der Waals surface area contributed by atoms with Crippen molar-refractivity contribution in [2.75, 3.05) is 11.4 Å². The van der Waals surface area contributed by atoms with E-state index < -0.39 is 0 Å². The Bertz CT molecular complexity index is 892. The molecule has 0 fully saturated rings. The van der Waals surface area contributed by atoms with Crippen LogP contribution in [0.25, 0.3) is 10.9 Å². The van der Waals surface area contributed by atoms with E-state index in [4.69, 9.17) is 0 Å². The van der Waals surface area contributed by atoms with Gasteiger partial charge in [0.25, 0.3) is 5.91 Å². The molecule has 0 aliphatic carbocycles. The van der Waals surface area contributed by atoms with E-state index in [-0.39, 0.29) is 5.91 Å². The van der Waals surface area contributed by atoms with E-state index in [0.717, 1.165) is 35.1 Å². The van der Waals surface area contributed by atoms with E-state index in [1.807, 2.05) is 36.1 Å². The van der Waals surface area contributed by atoms with Gasteiger partial charge in [-0.25, -0.2) is 0 Å². The molecule has 1 aliphatic heterocycles. The van der Waals surface area contributed by atoms with Crippen molar-refractivity contribution in [2.45, 2.75) is 20.3 Å². The van der Waals surface area contributed by atoms with E-state index >= 15 is 0 Å². The van der Waals surface area contributed by atoms with Crippen molar-refractivity contribution in [1.29, 1.82) is 0 Å². The lowest BCUT2D eigenvalue weighted by Crippen LogP contribution is -2.29. The summed E-state index contributed by atoms with van der Waals surface area (Å²) in [4.78, 5) is 18.2. The van der Waals surface area contributed by atoms with Gasteiger partial charge in [-0.05, 0) is 49.6 Å². The summed E-state index contributed by atoms with van der Waals surface area (Å²) in [6, 6.07) is 14.4. The van der Waals surface area contributed by atoms with Crippen LogP contribution >= 0.6 is 0 Å². The summed E-state index contributed by atoms with van der Waals surface area (Å²) in [6.07, 6.45) is 0.931. The first-order chi connectivity index (χ1) is 10.6. The van der Waals surface area contributed by atoms with Crippen LogP contribution in [0.3, 0.4) is 0 Å². The number of benzene rings is 2. The number of H-pyrrole nitrogens is 1. The third-order valence-corrected chi connectivity index (χ3v) is 4.56. The summed E-state index contributed by atoms with van der Waals surface area (Å²) in [5, 5.41) is 1.14. The summed E-state index contributed by atoms with van der Waals surface area (Å²) < 4.78 is 0. The van der Waals surface area contributed by atoms with Gasteiger partial charge in [0.1, 0.15) is 5.69 Å². The zero-order chi connectivity index (χ0) is 15.3. The van der Waals surface area contributed by atoms with E-state index in [1.54, 1.807) is 0 Å². The fraction of sp³-hybridized carbons (Fsp3) is 0.211. The molecule has 0 saturated carbocycles. The van der Waals surface area contributed by atoms with Crippen LogP contribution in [0.4, 0.5) is 5.69 Å². The first kappa shape index (κ1) is 13.1. The molecule has 1 N–H and O–H groups in total. The SMILES string of the molecule is Cc1ccc2[nH]c(C(=O)N3CCc4ccccc43)c(C)c2c1. The predicted octanol–water partition coefficient (Wildman–Crippen LogP) is 3.99. The Hall–Kier alpha value is -2.55. The van der Waals surface area contributed by atoms with Gasteiger partial charge < -0.3 is 9.88 Å². The number of fused-ring (bicyclic) bond motifs is 2. The molecule has 0 radical (unpaired) electrons. The van der Waals surface area contributed by atoms with Crippen molar-refractivity contribution < 1.29 is 4.79 Å². The highest BCUT2D eigenvalue weighted by molar-refractivity contribution is 6.10. The summed E-state index contributed by atoms with van der Waals surface area (Å²) in [5.74, 6) is 0.0660. The van der Waals surface area contributed by atoms with Crippen molar-refractivity contribution in [3.05, 3.63) is 64.8 Å². The van der Waals surface area contributed by atoms with Crippen molar-refractivity contribution >= 4 is 22.5 Å². The molecule has 3 heteroatoms. The topological polar surface area (TPSA) is 36.1 Å². The molecular weight excluding hydrogens is 272 g/mol. The van der Waals surface area contributed by atoms with E-state index in [2.05, 4.69) is 30.1 Å². The molecule has 0 atom stereocenters. The minimum absolute atomic E-state index is 0.0660. The molecule has 0 unspecified atom stereocenters. The highest BCUT2D eigenvalue weighted by Gasteiger charge is 2.27. The lowest BCUT2D eigenvalue weighted by atomic mass is 10.1. The number of hydrogen-bond acceptors (Lipinski definition) is 1. The Morgan fingerprint density at radius 2 is 1.95 bits per heavy atom. The number of carbonyl (C=O) groups is 1. The lowest BCUT2D eigenvalue weighted by Gasteiger charge is -2.17. The number of aromatic amines is 1. The number of amides is 1. The minimum atomic E-state index is 0.0660. The summed E-state index contributed by atoms with van der Waals surface area (Å²) >= 11 is 0. The Kier molecular flexibility index (Phi) is 2.83. The van der Waals surface area contributed by atoms with E-state index in [9.17, 15) is 4.79 Å². The number of carbonyl (C=O) groups excluding carboxylic acids is 1. The standard InChI is InChI=1S/C19H18N2O/c1-12-7-8-16-15(11-12)13(2)18(20-16)19(22)21-10-9-14-5-3-4-6-17(14)21/h3-8,11,20H,9-10H2,1-2H3. The van der Waals surface area contributed by atoms with Gasteiger partial charge in [0.2, 0.25) is 0 Å². The maximum absolute atomic E-state index is 13.0. The molecular formula is C19H18N2O. The van der Waals surface area contributed by atoms with E-state index in [0.29, 0.717) is 5.69 Å². The lowest BCUT2D eigenvalue weighted by molar-refractivity contribution is 0.0985. The fourth-order valence-corrected chi connectivity index (χ4v) is 3.34. The third kappa shape index (κ3) is 1.86. The fourth-order valence-electron chi connectivity index (χ4n) is 3.34. The second-order valence-electron chi connectivity index (χ2n) is 6.01. The average molecular weight is 290 g/mol. The van der Waals surface area contributed by atoms with Crippen LogP contribution in [0.2, 0.25) is 0 Å². The molecule has 2 aromatic carbocycles. The molecule has 22 heavy (non-hydrogen) atoms. The Morgan fingerprint density at radius 3 is 2.82 bits per heavy atom. The van der Waals surface area contributed by atoms with Crippen LogP contribution in [0, 0.1) is 13.8 Å². The predicted molar refractivity (Wildman–Crippen MR) is 89.6 cm³/mol. The van der Waals surface area contributed by atoms with Crippen LogP contribution in [-0.4, -0.2) is 17.4 Å². The first-order valence-corrected chi connectivity index (χ1v) is 7.64. The second kappa shape index (κ2) is 4.73. The first-order valence-electron chi connectivity index (χ1n) is 7.64. The number of anilines is 1. The van der Waals surface area contributed by atoms with Gasteiger partial charge in [-0.2, -0.15) is 0 Å². The number of para-hydroxylation sites is 1. The van der Waals surface area contributed by atoms with Crippen molar-refractivity contribution in [3.63, 3.8) is 0 Å². The van der Waals surface area contributed by atoms with Gasteiger partial charge >= 0.3 is 0 Å². The molecule has 2 heterocycles. The second-order valence-corrected chi connectivity index (χ2v) is 6.01. The van der Waals surface area contributed by atoms with Gasteiger partial charge in [-0.3, -0.25) is 4.79 Å². The number of nitrogens with zero attached hydrogens (tertiary/aromatic N) is 1. The monoisotopic (exact) mass is 290 g/mol. The Labute approximate surface area is 129 Å². The highest BCUT2D eigenvalue weighted by atomic mass is 16.2. The highest BCUT2D eigenvalue weighted by Crippen LogP contribution is 2.31. The third-order valence-electron chi connectivity index (χ3n) is 4.56.